The first-order valence-electron chi connectivity index (χ1n) is 10.6. The molecule has 0 bridgehead atoms. The molecule has 158 valence electrons. The number of nitrogens with zero attached hydrogens (tertiary/aromatic N) is 4. The third-order valence-electron chi connectivity index (χ3n) is 5.75. The molecule has 3 heterocycles. The monoisotopic (exact) mass is 414 g/mol. The van der Waals surface area contributed by atoms with Crippen LogP contribution >= 0.6 is 0 Å². The Kier molecular flexibility index (Phi) is 5.50. The summed E-state index contributed by atoms with van der Waals surface area (Å²) in [5.74, 6) is 1.98. The number of benzene rings is 2. The smallest absolute Gasteiger partial charge is 0.227 e. The molecule has 7 heteroatoms. The summed E-state index contributed by atoms with van der Waals surface area (Å²) in [6.07, 6.45) is 4.69. The van der Waals surface area contributed by atoms with Crippen molar-refractivity contribution in [2.24, 2.45) is 4.99 Å². The number of methoxy groups -OCH3 is 1. The number of hydrogen-bond acceptors (Lipinski definition) is 7. The predicted molar refractivity (Wildman–Crippen MR) is 124 cm³/mol. The molecule has 1 aromatic heterocycles. The molecule has 3 aromatic rings. The molecule has 1 unspecified atom stereocenters. The summed E-state index contributed by atoms with van der Waals surface area (Å²) >= 11 is 0. The highest BCUT2D eigenvalue weighted by Gasteiger charge is 2.22. The van der Waals surface area contributed by atoms with Crippen molar-refractivity contribution in [3.05, 3.63) is 71.4 Å². The number of aliphatic imine (C=N–C) groups is 1. The summed E-state index contributed by atoms with van der Waals surface area (Å²) in [6.45, 7) is 3.43. The SMILES string of the molecule is COc1cnc(N2CCCNC(c3ccccc3)C2)nc1Nc1ccc2c(c1)C=NC2. The second-order valence-corrected chi connectivity index (χ2v) is 7.81. The Bertz CT molecular complexity index is 1080. The Morgan fingerprint density at radius 2 is 2.06 bits per heavy atom. The number of aromatic nitrogens is 2. The van der Waals surface area contributed by atoms with Crippen molar-refractivity contribution in [3.8, 4) is 5.75 Å². The summed E-state index contributed by atoms with van der Waals surface area (Å²) in [5, 5.41) is 7.06. The van der Waals surface area contributed by atoms with E-state index in [1.807, 2.05) is 12.3 Å². The predicted octanol–water partition coefficient (Wildman–Crippen LogP) is 3.70. The van der Waals surface area contributed by atoms with E-state index in [0.717, 1.165) is 43.9 Å². The molecule has 7 nitrogen and oxygen atoms in total. The van der Waals surface area contributed by atoms with Gasteiger partial charge in [-0.1, -0.05) is 36.4 Å². The van der Waals surface area contributed by atoms with Crippen molar-refractivity contribution in [1.82, 2.24) is 15.3 Å². The van der Waals surface area contributed by atoms with Crippen LogP contribution in [-0.4, -0.2) is 42.9 Å². The van der Waals surface area contributed by atoms with Crippen molar-refractivity contribution in [2.75, 3.05) is 37.0 Å². The van der Waals surface area contributed by atoms with Gasteiger partial charge in [-0.15, -0.1) is 0 Å². The minimum Gasteiger partial charge on any atom is -0.491 e. The molecule has 1 atom stereocenters. The van der Waals surface area contributed by atoms with E-state index < -0.39 is 0 Å². The van der Waals surface area contributed by atoms with Crippen LogP contribution in [0.2, 0.25) is 0 Å². The van der Waals surface area contributed by atoms with Crippen LogP contribution in [0.25, 0.3) is 0 Å². The molecule has 0 amide bonds. The van der Waals surface area contributed by atoms with E-state index in [1.54, 1.807) is 13.3 Å². The Labute approximate surface area is 182 Å². The zero-order valence-corrected chi connectivity index (χ0v) is 17.6. The van der Waals surface area contributed by atoms with Gasteiger partial charge in [0.1, 0.15) is 0 Å². The Morgan fingerprint density at radius 3 is 2.94 bits per heavy atom. The zero-order chi connectivity index (χ0) is 21.0. The highest BCUT2D eigenvalue weighted by Crippen LogP contribution is 2.29. The van der Waals surface area contributed by atoms with Crippen LogP contribution in [0.1, 0.15) is 29.2 Å². The molecule has 1 fully saturated rings. The average molecular weight is 415 g/mol. The Hall–Kier alpha value is -3.45. The molecular weight excluding hydrogens is 388 g/mol. The van der Waals surface area contributed by atoms with Crippen LogP contribution in [0, 0.1) is 0 Å². The van der Waals surface area contributed by atoms with Crippen molar-refractivity contribution in [3.63, 3.8) is 0 Å². The number of nitrogens with one attached hydrogen (secondary N) is 2. The van der Waals surface area contributed by atoms with Crippen molar-refractivity contribution < 1.29 is 4.74 Å². The molecule has 1 saturated heterocycles. The van der Waals surface area contributed by atoms with Gasteiger partial charge in [0.05, 0.1) is 19.9 Å². The second-order valence-electron chi connectivity index (χ2n) is 7.81. The third kappa shape index (κ3) is 4.22. The van der Waals surface area contributed by atoms with Gasteiger partial charge < -0.3 is 20.3 Å². The average Bonchev–Trinajstić information content (AvgIpc) is 3.14. The molecule has 31 heavy (non-hydrogen) atoms. The summed E-state index contributed by atoms with van der Waals surface area (Å²) < 4.78 is 5.52. The van der Waals surface area contributed by atoms with Gasteiger partial charge in [-0.2, -0.15) is 4.98 Å². The normalized spacial score (nSPS) is 17.8. The summed E-state index contributed by atoms with van der Waals surface area (Å²) in [5.41, 5.74) is 4.61. The van der Waals surface area contributed by atoms with Crippen molar-refractivity contribution in [2.45, 2.75) is 19.0 Å². The first-order valence-corrected chi connectivity index (χ1v) is 10.6. The van der Waals surface area contributed by atoms with E-state index in [1.165, 1.54) is 11.1 Å². The quantitative estimate of drug-likeness (QED) is 0.663. The van der Waals surface area contributed by atoms with Gasteiger partial charge in [-0.25, -0.2) is 4.98 Å². The second kappa shape index (κ2) is 8.73. The first kappa shape index (κ1) is 19.5. The standard InChI is InChI=1S/C24H26N6O/c1-31-22-15-27-24(29-23(22)28-20-9-8-18-13-25-14-19(18)12-20)30-11-5-10-26-21(16-30)17-6-3-2-4-7-17/h2-4,6-9,12,14-15,21,26H,5,10-11,13,16H2,1H3,(H,27,28,29). The number of hydrogen-bond donors (Lipinski definition) is 2. The van der Waals surface area contributed by atoms with Gasteiger partial charge >= 0.3 is 0 Å². The van der Waals surface area contributed by atoms with Crippen LogP contribution < -0.4 is 20.3 Å². The zero-order valence-electron chi connectivity index (χ0n) is 17.6. The lowest BCUT2D eigenvalue weighted by Gasteiger charge is -2.25. The van der Waals surface area contributed by atoms with E-state index in [-0.39, 0.29) is 6.04 Å². The first-order chi connectivity index (χ1) is 15.3. The molecule has 5 rings (SSSR count). The number of rotatable bonds is 5. The molecule has 0 radical (unpaired) electrons. The largest absolute Gasteiger partial charge is 0.491 e. The maximum atomic E-state index is 5.52. The number of anilines is 3. The van der Waals surface area contributed by atoms with Gasteiger partial charge in [0.25, 0.3) is 0 Å². The molecule has 2 N–H and O–H groups in total. The molecule has 2 aliphatic heterocycles. The minimum absolute atomic E-state index is 0.238. The van der Waals surface area contributed by atoms with E-state index in [9.17, 15) is 0 Å². The fraction of sp³-hybridized carbons (Fsp3) is 0.292. The van der Waals surface area contributed by atoms with Crippen LogP contribution in [0.3, 0.4) is 0 Å². The summed E-state index contributed by atoms with van der Waals surface area (Å²) in [6, 6.07) is 17.0. The van der Waals surface area contributed by atoms with Gasteiger partial charge in [-0.05, 0) is 41.8 Å². The van der Waals surface area contributed by atoms with E-state index in [0.29, 0.717) is 17.5 Å². The molecule has 2 aliphatic rings. The highest BCUT2D eigenvalue weighted by molar-refractivity contribution is 5.86. The maximum absolute atomic E-state index is 5.52. The van der Waals surface area contributed by atoms with Gasteiger partial charge in [0.15, 0.2) is 11.6 Å². The minimum atomic E-state index is 0.238. The lowest BCUT2D eigenvalue weighted by atomic mass is 10.1. The lowest BCUT2D eigenvalue weighted by Crippen LogP contribution is -2.32. The van der Waals surface area contributed by atoms with Crippen molar-refractivity contribution in [1.29, 1.82) is 0 Å². The summed E-state index contributed by atoms with van der Waals surface area (Å²) in [7, 11) is 1.64. The van der Waals surface area contributed by atoms with E-state index >= 15 is 0 Å². The van der Waals surface area contributed by atoms with Crippen LogP contribution in [0.4, 0.5) is 17.5 Å². The highest BCUT2D eigenvalue weighted by atomic mass is 16.5. The van der Waals surface area contributed by atoms with E-state index in [4.69, 9.17) is 9.72 Å². The summed E-state index contributed by atoms with van der Waals surface area (Å²) in [4.78, 5) is 16.0. The van der Waals surface area contributed by atoms with Crippen LogP contribution in [-0.2, 0) is 6.54 Å². The molecule has 2 aromatic carbocycles. The maximum Gasteiger partial charge on any atom is 0.227 e. The van der Waals surface area contributed by atoms with Crippen LogP contribution in [0.15, 0.2) is 59.7 Å². The third-order valence-corrected chi connectivity index (χ3v) is 5.75. The molecular formula is C24H26N6O. The molecule has 0 spiro atoms. The number of fused-ring (bicyclic) bond motifs is 1. The van der Waals surface area contributed by atoms with E-state index in [2.05, 4.69) is 68.0 Å². The van der Waals surface area contributed by atoms with Crippen molar-refractivity contribution >= 4 is 23.7 Å². The lowest BCUT2D eigenvalue weighted by molar-refractivity contribution is 0.413. The molecule has 0 aliphatic carbocycles. The van der Waals surface area contributed by atoms with Gasteiger partial charge in [0, 0.05) is 31.0 Å². The number of ether oxygens (including phenoxy) is 1. The Balaban J connectivity index is 1.41. The fourth-order valence-electron chi connectivity index (χ4n) is 4.08. The molecule has 0 saturated carbocycles. The van der Waals surface area contributed by atoms with Gasteiger partial charge in [-0.3, -0.25) is 4.99 Å². The fourth-order valence-corrected chi connectivity index (χ4v) is 4.08. The van der Waals surface area contributed by atoms with Crippen LogP contribution in [0.5, 0.6) is 5.75 Å². The Morgan fingerprint density at radius 1 is 1.16 bits per heavy atom. The van der Waals surface area contributed by atoms with Gasteiger partial charge in [0.2, 0.25) is 5.95 Å². The topological polar surface area (TPSA) is 74.7 Å².